The highest BCUT2D eigenvalue weighted by atomic mass is 16.4. The maximum atomic E-state index is 14.3. The Bertz CT molecular complexity index is 4690. The second-order valence-electron chi connectivity index (χ2n) is 19.5. The number of hydrogen-bond acceptors (Lipinski definition) is 7. The molecule has 0 N–H and O–H groups in total. The van der Waals surface area contributed by atoms with Gasteiger partial charge in [-0.2, -0.15) is 0 Å². The van der Waals surface area contributed by atoms with Crippen molar-refractivity contribution in [3.8, 4) is 45.2 Å². The van der Waals surface area contributed by atoms with Crippen LogP contribution in [0.2, 0.25) is 0 Å². The van der Waals surface area contributed by atoms with E-state index in [2.05, 4.69) is 106 Å². The number of benzene rings is 10. The van der Waals surface area contributed by atoms with E-state index in [1.54, 1.807) is 60.7 Å². The van der Waals surface area contributed by atoms with Crippen LogP contribution >= 0.6 is 0 Å². The maximum Gasteiger partial charge on any atom is 0.265 e. The normalized spacial score (nSPS) is 13.5. The number of amides is 4. The minimum absolute atomic E-state index is 0.226. The van der Waals surface area contributed by atoms with E-state index < -0.39 is 23.6 Å². The average Bonchev–Trinajstić information content (AvgIpc) is 4.27. The van der Waals surface area contributed by atoms with Crippen LogP contribution in [0, 0.1) is 0 Å². The van der Waals surface area contributed by atoms with Crippen molar-refractivity contribution in [2.45, 2.75) is 13.5 Å². The molecule has 11 heteroatoms. The molecule has 0 atom stereocenters. The molecular weight excluding hydrogens is 945 g/mol. The van der Waals surface area contributed by atoms with Crippen LogP contribution in [0.1, 0.15) is 48.4 Å². The fraction of sp³-hybridized carbons (Fsp3) is 0.0462. The lowest BCUT2D eigenvalue weighted by molar-refractivity contribution is 0.0877. The lowest BCUT2D eigenvalue weighted by Gasteiger charge is -2.28. The minimum atomic E-state index is -0.411. The highest BCUT2D eigenvalue weighted by Crippen LogP contribution is 2.43. The Morgan fingerprint density at radius 2 is 0.750 bits per heavy atom. The van der Waals surface area contributed by atoms with Gasteiger partial charge in [-0.3, -0.25) is 19.2 Å². The summed E-state index contributed by atoms with van der Waals surface area (Å²) in [6.07, 6.45) is 0. The number of hydrogen-bond donors (Lipinski definition) is 0. The molecule has 0 saturated heterocycles. The largest absolute Gasteiger partial charge is 0.416 e. The van der Waals surface area contributed by atoms with E-state index in [1.165, 1.54) is 20.7 Å². The van der Waals surface area contributed by atoms with Crippen LogP contribution in [0.3, 0.4) is 0 Å². The number of aromatic nitrogens is 4. The van der Waals surface area contributed by atoms with E-state index in [0.717, 1.165) is 72.3 Å². The van der Waals surface area contributed by atoms with Crippen molar-refractivity contribution in [1.82, 2.24) is 19.3 Å². The monoisotopic (exact) mass is 984 g/mol. The van der Waals surface area contributed by atoms with Crippen molar-refractivity contribution in [3.05, 3.63) is 216 Å². The van der Waals surface area contributed by atoms with Gasteiger partial charge in [0.15, 0.2) is 0 Å². The molecular formula is C65H40N6O5. The van der Waals surface area contributed by atoms with Gasteiger partial charge in [-0.05, 0) is 149 Å². The predicted octanol–water partition coefficient (Wildman–Crippen LogP) is 14.4. The molecule has 76 heavy (non-hydrogen) atoms. The van der Waals surface area contributed by atoms with Crippen molar-refractivity contribution in [1.29, 1.82) is 0 Å². The summed E-state index contributed by atoms with van der Waals surface area (Å²) < 4.78 is 10.7. The second kappa shape index (κ2) is 16.1. The Morgan fingerprint density at radius 1 is 0.368 bits per heavy atom. The van der Waals surface area contributed by atoms with Crippen LogP contribution in [0.4, 0.5) is 11.4 Å². The van der Waals surface area contributed by atoms with Crippen molar-refractivity contribution in [2.24, 2.45) is 7.05 Å². The van der Waals surface area contributed by atoms with Gasteiger partial charge in [-0.25, -0.2) is 9.80 Å². The van der Waals surface area contributed by atoms with Crippen LogP contribution in [0.15, 0.2) is 199 Å². The van der Waals surface area contributed by atoms with Crippen LogP contribution in [-0.2, 0) is 13.6 Å². The van der Waals surface area contributed by atoms with Crippen LogP contribution in [-0.4, -0.2) is 43.0 Å². The van der Waals surface area contributed by atoms with E-state index >= 15 is 0 Å². The van der Waals surface area contributed by atoms with Gasteiger partial charge in [0.25, 0.3) is 23.6 Å². The highest BCUT2D eigenvalue weighted by Gasteiger charge is 2.36. The molecule has 360 valence electrons. The lowest BCUT2D eigenvalue weighted by Crippen LogP contribution is -2.40. The summed E-state index contributed by atoms with van der Waals surface area (Å²) in [6.45, 7) is 3.00. The van der Waals surface area contributed by atoms with Gasteiger partial charge in [-0.1, -0.05) is 84.9 Å². The van der Waals surface area contributed by atoms with Gasteiger partial charge in [0.2, 0.25) is 11.8 Å². The van der Waals surface area contributed by atoms with Gasteiger partial charge in [0, 0.05) is 101 Å². The van der Waals surface area contributed by atoms with Gasteiger partial charge in [-0.15, -0.1) is 10.2 Å². The van der Waals surface area contributed by atoms with Gasteiger partial charge >= 0.3 is 0 Å². The zero-order chi connectivity index (χ0) is 51.1. The number of anilines is 2. The first-order valence-corrected chi connectivity index (χ1v) is 25.2. The fourth-order valence-electron chi connectivity index (χ4n) is 12.0. The second-order valence-corrected chi connectivity index (χ2v) is 19.5. The first-order chi connectivity index (χ1) is 37.2. The summed E-state index contributed by atoms with van der Waals surface area (Å²) in [5.74, 6) is -1.19. The van der Waals surface area contributed by atoms with Crippen molar-refractivity contribution in [3.63, 3.8) is 0 Å². The number of carbonyl (C=O) groups is 4. The molecule has 0 unspecified atom stereocenters. The third-order valence-corrected chi connectivity index (χ3v) is 15.6. The molecule has 4 amide bonds. The zero-order valence-corrected chi connectivity index (χ0v) is 40.9. The summed E-state index contributed by atoms with van der Waals surface area (Å²) in [5.41, 5.74) is 12.3. The highest BCUT2D eigenvalue weighted by molar-refractivity contribution is 6.38. The molecule has 2 aliphatic heterocycles. The van der Waals surface area contributed by atoms with Crippen LogP contribution in [0.25, 0.3) is 110 Å². The molecule has 0 aliphatic carbocycles. The van der Waals surface area contributed by atoms with E-state index in [-0.39, 0.29) is 11.8 Å². The molecule has 2 aliphatic rings. The SMILES string of the molecule is CCn1c2ccccc2c2cc(-c3ccc4c5c(cccc35)C(=O)N(c3ccc(-c5nnc(-c6ccc(N7C(=O)c8cccc9c(-c%10ccc%11c(c%10)c%10ccccc%10n%11C)ccc(c89)C7=O)cc6)o5)cc3)C4=O)ccc21. The Labute approximate surface area is 433 Å². The predicted molar refractivity (Wildman–Crippen MR) is 299 cm³/mol. The molecule has 10 aromatic carbocycles. The number of aryl methyl sites for hydroxylation is 2. The van der Waals surface area contributed by atoms with Crippen molar-refractivity contribution >= 4 is 100 Å². The molecule has 0 saturated carbocycles. The van der Waals surface area contributed by atoms with Gasteiger partial charge < -0.3 is 13.6 Å². The Hall–Kier alpha value is -10.3. The smallest absolute Gasteiger partial charge is 0.265 e. The van der Waals surface area contributed by atoms with Crippen molar-refractivity contribution in [2.75, 3.05) is 9.80 Å². The first kappa shape index (κ1) is 43.3. The molecule has 13 aromatic rings. The number of nitrogens with zero attached hydrogens (tertiary/aromatic N) is 6. The standard InChI is InChI=1S/C65H40N6O5/c1-3-69-56-17-7-5-11-45(56)53-35-39(23-33-57(53)69)43-29-31-51-59-47(43)13-9-15-49(59)63(73)71(65(51)75)41-26-20-37(21-27-41)61-67-66-60(76-61)36-18-24-40(25-19-36)70-62(72)48-14-8-12-46-42(28-30-50(58(46)48)64(70)74)38-22-32-55-52(34-38)44-10-4-6-16-54(44)68(55)2/h4-35H,3H2,1-2H3. The van der Waals surface area contributed by atoms with Crippen LogP contribution in [0.5, 0.6) is 0 Å². The Kier molecular flexibility index (Phi) is 9.19. The minimum Gasteiger partial charge on any atom is -0.416 e. The van der Waals surface area contributed by atoms with E-state index in [9.17, 15) is 19.2 Å². The van der Waals surface area contributed by atoms with E-state index in [1.807, 2.05) is 60.7 Å². The molecule has 0 fully saturated rings. The topological polar surface area (TPSA) is 124 Å². The van der Waals surface area contributed by atoms with Gasteiger partial charge in [0.1, 0.15) is 0 Å². The number of carbonyl (C=O) groups excluding carboxylic acids is 4. The summed E-state index contributed by atoms with van der Waals surface area (Å²) in [7, 11) is 2.07. The summed E-state index contributed by atoms with van der Waals surface area (Å²) >= 11 is 0. The molecule has 0 spiro atoms. The Morgan fingerprint density at radius 3 is 1.26 bits per heavy atom. The van der Waals surface area contributed by atoms with Gasteiger partial charge in [0.05, 0.1) is 11.4 Å². The number of para-hydroxylation sites is 2. The first-order valence-electron chi connectivity index (χ1n) is 25.2. The number of rotatable bonds is 7. The van der Waals surface area contributed by atoms with Crippen LogP contribution < -0.4 is 9.80 Å². The van der Waals surface area contributed by atoms with E-state index in [4.69, 9.17) is 4.42 Å². The third kappa shape index (κ3) is 6.10. The van der Waals surface area contributed by atoms with E-state index in [0.29, 0.717) is 55.5 Å². The molecule has 0 bridgehead atoms. The number of imide groups is 2. The summed E-state index contributed by atoms with van der Waals surface area (Å²) in [6, 6.07) is 62.2. The van der Waals surface area contributed by atoms with Crippen molar-refractivity contribution < 1.29 is 23.6 Å². The molecule has 5 heterocycles. The molecule has 3 aromatic heterocycles. The third-order valence-electron chi connectivity index (χ3n) is 15.6. The Balaban J connectivity index is 0.680. The maximum absolute atomic E-state index is 14.3. The lowest BCUT2D eigenvalue weighted by atomic mass is 9.88. The summed E-state index contributed by atoms with van der Waals surface area (Å²) in [5, 5.41) is 16.2. The number of fused-ring (bicyclic) bond motifs is 6. The molecule has 11 nitrogen and oxygen atoms in total. The fourth-order valence-corrected chi connectivity index (χ4v) is 12.0. The zero-order valence-electron chi connectivity index (χ0n) is 40.9. The molecule has 15 rings (SSSR count). The molecule has 0 radical (unpaired) electrons. The average molecular weight is 985 g/mol. The quantitative estimate of drug-likeness (QED) is 0.146. The summed E-state index contributed by atoms with van der Waals surface area (Å²) in [4.78, 5) is 59.7.